The van der Waals surface area contributed by atoms with Crippen LogP contribution >= 0.6 is 0 Å². The van der Waals surface area contributed by atoms with Crippen molar-refractivity contribution in [2.24, 2.45) is 11.3 Å². The van der Waals surface area contributed by atoms with Gasteiger partial charge in [-0.25, -0.2) is 0 Å². The molecule has 2 fully saturated rings. The predicted molar refractivity (Wildman–Crippen MR) is 77.2 cm³/mol. The molecule has 2 aliphatic carbocycles. The standard InChI is InChI=1S/C16H29NO2/c1-12-11-15(2,3)9-10-16(12,14(18)19)17-13-7-5-4-6-8-13/h12-13,17H,4-11H2,1-3H3,(H,18,19). The normalized spacial score (nSPS) is 36.1. The molecule has 0 radical (unpaired) electrons. The molecule has 2 aliphatic rings. The Morgan fingerprint density at radius 2 is 1.79 bits per heavy atom. The first-order chi connectivity index (χ1) is 8.86. The van der Waals surface area contributed by atoms with Gasteiger partial charge in [0.05, 0.1) is 0 Å². The van der Waals surface area contributed by atoms with Crippen LogP contribution in [0.25, 0.3) is 0 Å². The Morgan fingerprint density at radius 3 is 2.32 bits per heavy atom. The number of carbonyl (C=O) groups is 1. The number of carboxylic acids is 1. The van der Waals surface area contributed by atoms with E-state index >= 15 is 0 Å². The second-order valence-electron chi connectivity index (χ2n) is 7.53. The fourth-order valence-electron chi connectivity index (χ4n) is 4.09. The summed E-state index contributed by atoms with van der Waals surface area (Å²) in [4.78, 5) is 11.9. The fraction of sp³-hybridized carbons (Fsp3) is 0.938. The zero-order valence-electron chi connectivity index (χ0n) is 12.7. The molecule has 3 nitrogen and oxygen atoms in total. The van der Waals surface area contributed by atoms with E-state index in [1.807, 2.05) is 0 Å². The molecule has 0 aliphatic heterocycles. The third kappa shape index (κ3) is 3.13. The minimum absolute atomic E-state index is 0.204. The summed E-state index contributed by atoms with van der Waals surface area (Å²) in [5.74, 6) is -0.434. The van der Waals surface area contributed by atoms with Crippen LogP contribution in [0.3, 0.4) is 0 Å². The van der Waals surface area contributed by atoms with Crippen molar-refractivity contribution < 1.29 is 9.90 Å². The quantitative estimate of drug-likeness (QED) is 0.821. The molecule has 0 aromatic carbocycles. The third-order valence-corrected chi connectivity index (χ3v) is 5.34. The minimum Gasteiger partial charge on any atom is -0.480 e. The maximum Gasteiger partial charge on any atom is 0.324 e. The second kappa shape index (κ2) is 5.43. The van der Waals surface area contributed by atoms with Crippen LogP contribution in [0.4, 0.5) is 0 Å². The molecule has 110 valence electrons. The van der Waals surface area contributed by atoms with Crippen LogP contribution < -0.4 is 5.32 Å². The molecule has 0 spiro atoms. The molecule has 0 saturated heterocycles. The van der Waals surface area contributed by atoms with Crippen molar-refractivity contribution in [2.75, 3.05) is 0 Å². The van der Waals surface area contributed by atoms with Crippen LogP contribution in [0.5, 0.6) is 0 Å². The lowest BCUT2D eigenvalue weighted by Gasteiger charge is -2.48. The van der Waals surface area contributed by atoms with Gasteiger partial charge in [-0.3, -0.25) is 10.1 Å². The lowest BCUT2D eigenvalue weighted by Crippen LogP contribution is -2.62. The van der Waals surface area contributed by atoms with Gasteiger partial charge in [-0.2, -0.15) is 0 Å². The van der Waals surface area contributed by atoms with E-state index in [2.05, 4.69) is 26.1 Å². The molecular formula is C16H29NO2. The fourth-order valence-corrected chi connectivity index (χ4v) is 4.09. The van der Waals surface area contributed by atoms with Gasteiger partial charge in [-0.05, 0) is 43.4 Å². The Bertz CT molecular complexity index is 334. The highest BCUT2D eigenvalue weighted by Gasteiger charge is 2.50. The van der Waals surface area contributed by atoms with Gasteiger partial charge in [0.1, 0.15) is 5.54 Å². The van der Waals surface area contributed by atoms with Gasteiger partial charge < -0.3 is 5.11 Å². The Hall–Kier alpha value is -0.570. The van der Waals surface area contributed by atoms with Gasteiger partial charge in [0.25, 0.3) is 0 Å². The van der Waals surface area contributed by atoms with Gasteiger partial charge in [0, 0.05) is 6.04 Å². The van der Waals surface area contributed by atoms with E-state index in [1.165, 1.54) is 19.3 Å². The summed E-state index contributed by atoms with van der Waals surface area (Å²) in [5, 5.41) is 13.4. The van der Waals surface area contributed by atoms with Crippen LogP contribution in [0.15, 0.2) is 0 Å². The van der Waals surface area contributed by atoms with E-state index in [0.29, 0.717) is 6.04 Å². The number of carboxylic acid groups (broad SMARTS) is 1. The first-order valence-corrected chi connectivity index (χ1v) is 7.87. The molecule has 0 bridgehead atoms. The van der Waals surface area contributed by atoms with Crippen molar-refractivity contribution >= 4 is 5.97 Å². The number of aliphatic carboxylic acids is 1. The highest BCUT2D eigenvalue weighted by molar-refractivity contribution is 5.79. The summed E-state index contributed by atoms with van der Waals surface area (Å²) >= 11 is 0. The predicted octanol–water partition coefficient (Wildman–Crippen LogP) is 3.58. The monoisotopic (exact) mass is 267 g/mol. The van der Waals surface area contributed by atoms with Crippen molar-refractivity contribution in [1.82, 2.24) is 5.32 Å². The molecule has 0 aromatic rings. The van der Waals surface area contributed by atoms with Crippen LogP contribution in [-0.4, -0.2) is 22.7 Å². The van der Waals surface area contributed by atoms with E-state index in [1.54, 1.807) is 0 Å². The van der Waals surface area contributed by atoms with Crippen molar-refractivity contribution in [3.05, 3.63) is 0 Å². The number of nitrogens with one attached hydrogen (secondary N) is 1. The van der Waals surface area contributed by atoms with Crippen LogP contribution in [0.1, 0.15) is 72.1 Å². The van der Waals surface area contributed by atoms with E-state index in [4.69, 9.17) is 0 Å². The lowest BCUT2D eigenvalue weighted by molar-refractivity contribution is -0.151. The molecule has 2 N–H and O–H groups in total. The summed E-state index contributed by atoms with van der Waals surface area (Å²) < 4.78 is 0. The molecule has 2 atom stereocenters. The maximum absolute atomic E-state index is 11.9. The molecule has 3 heteroatoms. The minimum atomic E-state index is -0.683. The first kappa shape index (κ1) is 14.8. The Labute approximate surface area is 117 Å². The summed E-state index contributed by atoms with van der Waals surface area (Å²) in [6.45, 7) is 6.64. The van der Waals surface area contributed by atoms with Gasteiger partial charge in [0.15, 0.2) is 0 Å². The van der Waals surface area contributed by atoms with Crippen LogP contribution in [0, 0.1) is 11.3 Å². The largest absolute Gasteiger partial charge is 0.480 e. The number of hydrogen-bond donors (Lipinski definition) is 2. The van der Waals surface area contributed by atoms with Crippen LogP contribution in [-0.2, 0) is 4.79 Å². The lowest BCUT2D eigenvalue weighted by atomic mass is 9.63. The van der Waals surface area contributed by atoms with Gasteiger partial charge in [-0.1, -0.05) is 40.0 Å². The summed E-state index contributed by atoms with van der Waals surface area (Å²) in [5.41, 5.74) is -0.399. The van der Waals surface area contributed by atoms with Crippen molar-refractivity contribution in [1.29, 1.82) is 0 Å². The molecule has 0 amide bonds. The second-order valence-corrected chi connectivity index (χ2v) is 7.53. The average molecular weight is 267 g/mol. The molecule has 2 unspecified atom stereocenters. The summed E-state index contributed by atoms with van der Waals surface area (Å²) in [6.07, 6.45) is 8.85. The van der Waals surface area contributed by atoms with Crippen molar-refractivity contribution in [3.8, 4) is 0 Å². The Kier molecular flexibility index (Phi) is 4.24. The van der Waals surface area contributed by atoms with E-state index < -0.39 is 11.5 Å². The Morgan fingerprint density at radius 1 is 1.16 bits per heavy atom. The average Bonchev–Trinajstić information content (AvgIpc) is 2.33. The molecule has 0 heterocycles. The van der Waals surface area contributed by atoms with Gasteiger partial charge in [0.2, 0.25) is 0 Å². The maximum atomic E-state index is 11.9. The summed E-state index contributed by atoms with van der Waals surface area (Å²) in [7, 11) is 0. The molecule has 2 saturated carbocycles. The van der Waals surface area contributed by atoms with E-state index in [9.17, 15) is 9.90 Å². The van der Waals surface area contributed by atoms with Gasteiger partial charge >= 0.3 is 5.97 Å². The zero-order valence-corrected chi connectivity index (χ0v) is 12.7. The smallest absolute Gasteiger partial charge is 0.324 e. The topological polar surface area (TPSA) is 49.3 Å². The number of hydrogen-bond acceptors (Lipinski definition) is 2. The highest BCUT2D eigenvalue weighted by Crippen LogP contribution is 2.44. The van der Waals surface area contributed by atoms with Crippen molar-refractivity contribution in [2.45, 2.75) is 83.7 Å². The third-order valence-electron chi connectivity index (χ3n) is 5.34. The Balaban J connectivity index is 2.11. The van der Waals surface area contributed by atoms with E-state index in [-0.39, 0.29) is 11.3 Å². The molecule has 2 rings (SSSR count). The van der Waals surface area contributed by atoms with Crippen molar-refractivity contribution in [3.63, 3.8) is 0 Å². The molecule has 19 heavy (non-hydrogen) atoms. The highest BCUT2D eigenvalue weighted by atomic mass is 16.4. The summed E-state index contributed by atoms with van der Waals surface area (Å²) in [6, 6.07) is 0.411. The van der Waals surface area contributed by atoms with E-state index in [0.717, 1.165) is 32.1 Å². The van der Waals surface area contributed by atoms with Crippen LogP contribution in [0.2, 0.25) is 0 Å². The number of rotatable bonds is 3. The molecular weight excluding hydrogens is 238 g/mol. The molecule has 0 aromatic heterocycles. The SMILES string of the molecule is CC1CC(C)(C)CCC1(NC1CCCCC1)C(=O)O. The van der Waals surface area contributed by atoms with Gasteiger partial charge in [-0.15, -0.1) is 0 Å². The first-order valence-electron chi connectivity index (χ1n) is 7.87. The zero-order chi connectivity index (χ0) is 14.1.